The van der Waals surface area contributed by atoms with Crippen molar-refractivity contribution in [2.75, 3.05) is 38.1 Å². The van der Waals surface area contributed by atoms with Crippen molar-refractivity contribution >= 4 is 52.0 Å². The number of carbonyl (C=O) groups excluding carboxylic acids is 2. The Morgan fingerprint density at radius 2 is 1.59 bits per heavy atom. The summed E-state index contributed by atoms with van der Waals surface area (Å²) < 4.78 is 10.7. The second kappa shape index (κ2) is 10.4. The molecule has 37 heavy (non-hydrogen) atoms. The highest BCUT2D eigenvalue weighted by atomic mass is 35.5. The maximum atomic E-state index is 13.5. The van der Waals surface area contributed by atoms with E-state index in [1.54, 1.807) is 12.1 Å². The monoisotopic (exact) mass is 540 g/mol. The zero-order valence-electron chi connectivity index (χ0n) is 21.0. The first-order valence-corrected chi connectivity index (χ1v) is 12.1. The molecule has 3 aromatic rings. The van der Waals surface area contributed by atoms with Crippen LogP contribution in [0.15, 0.2) is 60.2 Å². The van der Waals surface area contributed by atoms with Crippen LogP contribution in [0.4, 0.5) is 11.4 Å². The molecule has 0 aliphatic carbocycles. The molecule has 0 aromatic heterocycles. The van der Waals surface area contributed by atoms with Crippen molar-refractivity contribution < 1.29 is 24.2 Å². The Balaban J connectivity index is 2.00. The van der Waals surface area contributed by atoms with E-state index in [1.807, 2.05) is 62.3 Å². The van der Waals surface area contributed by atoms with E-state index < -0.39 is 23.5 Å². The molecule has 1 aliphatic heterocycles. The smallest absolute Gasteiger partial charge is 0.300 e. The van der Waals surface area contributed by atoms with Crippen LogP contribution in [-0.4, -0.2) is 45.1 Å². The van der Waals surface area contributed by atoms with Gasteiger partial charge in [0.05, 0.1) is 36.4 Å². The molecule has 1 heterocycles. The molecule has 1 unspecified atom stereocenters. The number of rotatable bonds is 6. The van der Waals surface area contributed by atoms with Gasteiger partial charge in [-0.3, -0.25) is 14.5 Å². The molecule has 1 fully saturated rings. The maximum absolute atomic E-state index is 13.5. The summed E-state index contributed by atoms with van der Waals surface area (Å²) in [6, 6.07) is 15.1. The molecule has 0 bridgehead atoms. The van der Waals surface area contributed by atoms with Crippen molar-refractivity contribution in [1.82, 2.24) is 0 Å². The molecule has 3 aromatic carbocycles. The van der Waals surface area contributed by atoms with E-state index in [0.717, 1.165) is 11.3 Å². The number of aryl methyl sites for hydroxylation is 1. The first-order chi connectivity index (χ1) is 17.6. The highest BCUT2D eigenvalue weighted by Gasteiger charge is 2.47. The molecule has 7 nitrogen and oxygen atoms in total. The van der Waals surface area contributed by atoms with E-state index in [9.17, 15) is 14.7 Å². The number of aliphatic hydroxyl groups excluding tert-OH is 1. The van der Waals surface area contributed by atoms with Crippen LogP contribution in [0.25, 0.3) is 5.76 Å². The van der Waals surface area contributed by atoms with Gasteiger partial charge in [0.15, 0.2) is 11.5 Å². The molecule has 9 heteroatoms. The first kappa shape index (κ1) is 26.4. The second-order valence-electron chi connectivity index (χ2n) is 8.72. The molecule has 1 N–H and O–H groups in total. The van der Waals surface area contributed by atoms with Gasteiger partial charge in [-0.2, -0.15) is 0 Å². The van der Waals surface area contributed by atoms with Crippen molar-refractivity contribution in [1.29, 1.82) is 0 Å². The van der Waals surface area contributed by atoms with E-state index in [-0.39, 0.29) is 32.7 Å². The molecule has 1 aliphatic rings. The topological polar surface area (TPSA) is 79.3 Å². The normalized spacial score (nSPS) is 16.7. The lowest BCUT2D eigenvalue weighted by Gasteiger charge is -2.27. The number of benzene rings is 3. The molecule has 192 valence electrons. The quantitative estimate of drug-likeness (QED) is 0.234. The Morgan fingerprint density at radius 3 is 2.16 bits per heavy atom. The molecule has 1 atom stereocenters. The van der Waals surface area contributed by atoms with Gasteiger partial charge >= 0.3 is 0 Å². The number of halogens is 2. The van der Waals surface area contributed by atoms with Crippen LogP contribution < -0.4 is 19.3 Å². The Kier molecular flexibility index (Phi) is 7.39. The van der Waals surface area contributed by atoms with Gasteiger partial charge in [0.25, 0.3) is 11.7 Å². The van der Waals surface area contributed by atoms with Crippen molar-refractivity contribution in [3.05, 3.63) is 86.9 Å². The zero-order chi connectivity index (χ0) is 27.0. The van der Waals surface area contributed by atoms with E-state index in [2.05, 4.69) is 0 Å². The first-order valence-electron chi connectivity index (χ1n) is 11.4. The molecule has 1 amide bonds. The van der Waals surface area contributed by atoms with Crippen LogP contribution in [0.3, 0.4) is 0 Å². The molecule has 0 radical (unpaired) electrons. The van der Waals surface area contributed by atoms with E-state index >= 15 is 0 Å². The molecule has 4 rings (SSSR count). The number of aliphatic hydroxyl groups is 1. The summed E-state index contributed by atoms with van der Waals surface area (Å²) in [5.41, 5.74) is 2.93. The summed E-state index contributed by atoms with van der Waals surface area (Å²) in [6.07, 6.45) is 0. The largest absolute Gasteiger partial charge is 0.507 e. The number of ether oxygens (including phenoxy) is 2. The number of nitrogens with zero attached hydrogens (tertiary/aromatic N) is 2. The van der Waals surface area contributed by atoms with Crippen LogP contribution in [0.1, 0.15) is 22.7 Å². The zero-order valence-corrected chi connectivity index (χ0v) is 22.5. The Hall–Kier alpha value is -3.68. The SMILES string of the molecule is COc1c(Cl)cc(/C(O)=C2\C(=O)C(=O)N(c3ccc(N(C)C)cc3)C2c2ccccc2C)c(OC)c1Cl. The number of ketones is 1. The van der Waals surface area contributed by atoms with Gasteiger partial charge in [-0.25, -0.2) is 0 Å². The summed E-state index contributed by atoms with van der Waals surface area (Å²) in [5, 5.41) is 11.7. The summed E-state index contributed by atoms with van der Waals surface area (Å²) in [4.78, 5) is 30.3. The van der Waals surface area contributed by atoms with Gasteiger partial charge in [-0.1, -0.05) is 47.5 Å². The van der Waals surface area contributed by atoms with Crippen molar-refractivity contribution in [2.24, 2.45) is 0 Å². The standard InChI is InChI=1S/C28H26Cl2N2O5/c1-15-8-6-7-9-18(15)23-21(24(33)19-14-20(29)27(37-5)22(30)26(19)36-4)25(34)28(35)32(23)17-12-10-16(11-13-17)31(2)3/h6-14,23,33H,1-5H3/b24-21+. The summed E-state index contributed by atoms with van der Waals surface area (Å²) >= 11 is 12.8. The minimum absolute atomic E-state index is 0.0278. The molecular formula is C28H26Cl2N2O5. The van der Waals surface area contributed by atoms with Gasteiger partial charge in [-0.05, 0) is 48.4 Å². The van der Waals surface area contributed by atoms with Crippen LogP contribution in [0, 0.1) is 6.92 Å². The van der Waals surface area contributed by atoms with Crippen molar-refractivity contribution in [2.45, 2.75) is 13.0 Å². The van der Waals surface area contributed by atoms with Gasteiger partial charge in [0.1, 0.15) is 10.8 Å². The average molecular weight is 541 g/mol. The average Bonchev–Trinajstić information content (AvgIpc) is 3.14. The highest BCUT2D eigenvalue weighted by Crippen LogP contribution is 2.48. The van der Waals surface area contributed by atoms with E-state index in [4.69, 9.17) is 32.7 Å². The van der Waals surface area contributed by atoms with Gasteiger partial charge in [0.2, 0.25) is 0 Å². The minimum atomic E-state index is -0.907. The predicted molar refractivity (Wildman–Crippen MR) is 146 cm³/mol. The fourth-order valence-corrected chi connectivity index (χ4v) is 5.18. The molecule has 0 spiro atoms. The number of Topliss-reactive ketones (excluding diaryl/α,β-unsaturated/α-hetero) is 1. The van der Waals surface area contributed by atoms with Crippen LogP contribution in [0.5, 0.6) is 11.5 Å². The van der Waals surface area contributed by atoms with Crippen LogP contribution in [-0.2, 0) is 9.59 Å². The van der Waals surface area contributed by atoms with Crippen LogP contribution in [0.2, 0.25) is 10.0 Å². The lowest BCUT2D eigenvalue weighted by atomic mass is 9.92. The Morgan fingerprint density at radius 1 is 0.973 bits per heavy atom. The molecule has 1 saturated heterocycles. The molecular weight excluding hydrogens is 515 g/mol. The fraction of sp³-hybridized carbons (Fsp3) is 0.214. The summed E-state index contributed by atoms with van der Waals surface area (Å²) in [7, 11) is 6.59. The van der Waals surface area contributed by atoms with Crippen LogP contribution >= 0.6 is 23.2 Å². The number of carbonyl (C=O) groups is 2. The molecule has 0 saturated carbocycles. The Bertz CT molecular complexity index is 1420. The minimum Gasteiger partial charge on any atom is -0.507 e. The highest BCUT2D eigenvalue weighted by molar-refractivity contribution is 6.52. The summed E-state index contributed by atoms with van der Waals surface area (Å²) in [5.74, 6) is -1.84. The Labute approximate surface area is 225 Å². The fourth-order valence-electron chi connectivity index (χ4n) is 4.49. The van der Waals surface area contributed by atoms with Crippen molar-refractivity contribution in [3.63, 3.8) is 0 Å². The lowest BCUT2D eigenvalue weighted by molar-refractivity contribution is -0.132. The third-order valence-electron chi connectivity index (χ3n) is 6.37. The number of amides is 1. The predicted octanol–water partition coefficient (Wildman–Crippen LogP) is 6.01. The van der Waals surface area contributed by atoms with E-state index in [1.165, 1.54) is 25.2 Å². The lowest BCUT2D eigenvalue weighted by Crippen LogP contribution is -2.29. The van der Waals surface area contributed by atoms with Gasteiger partial charge in [0, 0.05) is 25.5 Å². The number of hydrogen-bond donors (Lipinski definition) is 1. The number of methoxy groups -OCH3 is 2. The van der Waals surface area contributed by atoms with Gasteiger partial charge < -0.3 is 19.5 Å². The van der Waals surface area contributed by atoms with Gasteiger partial charge in [-0.15, -0.1) is 0 Å². The number of anilines is 2. The maximum Gasteiger partial charge on any atom is 0.300 e. The van der Waals surface area contributed by atoms with Crippen molar-refractivity contribution in [3.8, 4) is 11.5 Å². The van der Waals surface area contributed by atoms with E-state index in [0.29, 0.717) is 11.3 Å². The third-order valence-corrected chi connectivity index (χ3v) is 6.99. The number of hydrogen-bond acceptors (Lipinski definition) is 6. The summed E-state index contributed by atoms with van der Waals surface area (Å²) in [6.45, 7) is 1.88. The third kappa shape index (κ3) is 4.49. The second-order valence-corrected chi connectivity index (χ2v) is 9.51.